The molecule has 0 spiro atoms. The number of hydrogen-bond donors (Lipinski definition) is 1. The third-order valence-corrected chi connectivity index (χ3v) is 3.65. The zero-order valence-electron chi connectivity index (χ0n) is 9.79. The Labute approximate surface area is 92.9 Å². The molecule has 0 amide bonds. The lowest BCUT2D eigenvalue weighted by Crippen LogP contribution is -2.29. The van der Waals surface area contributed by atoms with Crippen LogP contribution in [0.5, 0.6) is 0 Å². The minimum Gasteiger partial charge on any atom is -0.313 e. The lowest BCUT2D eigenvalue weighted by atomic mass is 9.77. The number of rotatable bonds is 4. The molecule has 1 aliphatic rings. The van der Waals surface area contributed by atoms with Crippen molar-refractivity contribution in [1.29, 1.82) is 0 Å². The molecule has 1 unspecified atom stereocenters. The normalized spacial score (nSPS) is 18.5. The maximum absolute atomic E-state index is 3.47. The molecular weight excluding hydrogens is 182 g/mol. The van der Waals surface area contributed by atoms with Gasteiger partial charge in [-0.1, -0.05) is 37.6 Å². The van der Waals surface area contributed by atoms with Gasteiger partial charge in [0.15, 0.2) is 0 Å². The molecule has 2 rings (SSSR count). The van der Waals surface area contributed by atoms with E-state index in [1.165, 1.54) is 30.4 Å². The van der Waals surface area contributed by atoms with Crippen molar-refractivity contribution >= 4 is 0 Å². The molecule has 1 aromatic rings. The van der Waals surface area contributed by atoms with Crippen molar-refractivity contribution < 1.29 is 0 Å². The Kier molecular flexibility index (Phi) is 3.42. The highest BCUT2D eigenvalue weighted by atomic mass is 14.9. The SMILES string of the molecule is CCc1cccc(C(NC)C2CCC2)c1. The van der Waals surface area contributed by atoms with E-state index in [0.717, 1.165) is 12.3 Å². The number of nitrogens with one attached hydrogen (secondary N) is 1. The summed E-state index contributed by atoms with van der Waals surface area (Å²) in [5, 5.41) is 3.47. The number of benzene rings is 1. The molecule has 1 heteroatoms. The minimum atomic E-state index is 0.574. The Morgan fingerprint density at radius 2 is 2.20 bits per heavy atom. The van der Waals surface area contributed by atoms with E-state index in [0.29, 0.717) is 6.04 Å². The highest BCUT2D eigenvalue weighted by Gasteiger charge is 2.27. The second kappa shape index (κ2) is 4.80. The second-order valence-corrected chi connectivity index (χ2v) is 4.56. The molecule has 15 heavy (non-hydrogen) atoms. The Balaban J connectivity index is 2.17. The van der Waals surface area contributed by atoms with E-state index in [1.54, 1.807) is 0 Å². The summed E-state index contributed by atoms with van der Waals surface area (Å²) >= 11 is 0. The van der Waals surface area contributed by atoms with Crippen molar-refractivity contribution in [2.75, 3.05) is 7.05 Å². The summed E-state index contributed by atoms with van der Waals surface area (Å²) in [5.74, 6) is 0.863. The van der Waals surface area contributed by atoms with Gasteiger partial charge in [-0.05, 0) is 43.4 Å². The first-order valence-corrected chi connectivity index (χ1v) is 6.11. The smallest absolute Gasteiger partial charge is 0.0346 e. The molecule has 1 aliphatic carbocycles. The topological polar surface area (TPSA) is 12.0 Å². The summed E-state index contributed by atoms with van der Waals surface area (Å²) in [6.45, 7) is 2.22. The third kappa shape index (κ3) is 2.23. The van der Waals surface area contributed by atoms with Gasteiger partial charge in [-0.25, -0.2) is 0 Å². The van der Waals surface area contributed by atoms with E-state index < -0.39 is 0 Å². The maximum atomic E-state index is 3.47. The van der Waals surface area contributed by atoms with Crippen LogP contribution in [0.25, 0.3) is 0 Å². The fourth-order valence-electron chi connectivity index (χ4n) is 2.45. The molecule has 1 N–H and O–H groups in total. The van der Waals surface area contributed by atoms with Crippen LogP contribution in [0, 0.1) is 5.92 Å². The van der Waals surface area contributed by atoms with Gasteiger partial charge in [0.25, 0.3) is 0 Å². The third-order valence-electron chi connectivity index (χ3n) is 3.65. The molecule has 0 bridgehead atoms. The fraction of sp³-hybridized carbons (Fsp3) is 0.571. The van der Waals surface area contributed by atoms with Crippen LogP contribution in [0.2, 0.25) is 0 Å². The summed E-state index contributed by atoms with van der Waals surface area (Å²) in [6, 6.07) is 9.61. The van der Waals surface area contributed by atoms with Gasteiger partial charge < -0.3 is 5.32 Å². The predicted octanol–water partition coefficient (Wildman–Crippen LogP) is 3.31. The molecule has 1 nitrogen and oxygen atoms in total. The fourth-order valence-corrected chi connectivity index (χ4v) is 2.45. The van der Waals surface area contributed by atoms with Crippen molar-refractivity contribution in [2.45, 2.75) is 38.6 Å². The summed E-state index contributed by atoms with van der Waals surface area (Å²) in [4.78, 5) is 0. The molecule has 0 heterocycles. The maximum Gasteiger partial charge on any atom is 0.0346 e. The predicted molar refractivity (Wildman–Crippen MR) is 65.0 cm³/mol. The summed E-state index contributed by atoms with van der Waals surface area (Å²) in [7, 11) is 2.08. The molecular formula is C14H21N. The molecule has 0 aromatic heterocycles. The average Bonchev–Trinajstić information content (AvgIpc) is 2.23. The molecule has 1 atom stereocenters. The number of aryl methyl sites for hydroxylation is 1. The summed E-state index contributed by atoms with van der Waals surface area (Å²) in [5.41, 5.74) is 2.92. The van der Waals surface area contributed by atoms with Crippen LogP contribution >= 0.6 is 0 Å². The van der Waals surface area contributed by atoms with E-state index >= 15 is 0 Å². The molecule has 0 aliphatic heterocycles. The Morgan fingerprint density at radius 3 is 2.73 bits per heavy atom. The molecule has 0 radical (unpaired) electrons. The Morgan fingerprint density at radius 1 is 1.40 bits per heavy atom. The van der Waals surface area contributed by atoms with Crippen LogP contribution in [0.4, 0.5) is 0 Å². The van der Waals surface area contributed by atoms with Gasteiger partial charge in [0.2, 0.25) is 0 Å². The van der Waals surface area contributed by atoms with Crippen LogP contribution in [0.15, 0.2) is 24.3 Å². The van der Waals surface area contributed by atoms with Crippen LogP contribution in [-0.2, 0) is 6.42 Å². The summed E-state index contributed by atoms with van der Waals surface area (Å²) in [6.07, 6.45) is 5.33. The van der Waals surface area contributed by atoms with E-state index in [4.69, 9.17) is 0 Å². The first kappa shape index (κ1) is 10.7. The second-order valence-electron chi connectivity index (χ2n) is 4.56. The zero-order chi connectivity index (χ0) is 10.7. The van der Waals surface area contributed by atoms with Gasteiger partial charge in [0.05, 0.1) is 0 Å². The van der Waals surface area contributed by atoms with E-state index in [9.17, 15) is 0 Å². The lowest BCUT2D eigenvalue weighted by Gasteiger charge is -2.34. The first-order chi connectivity index (χ1) is 7.35. The van der Waals surface area contributed by atoms with Gasteiger partial charge in [-0.3, -0.25) is 0 Å². The van der Waals surface area contributed by atoms with Gasteiger partial charge in [0.1, 0.15) is 0 Å². The van der Waals surface area contributed by atoms with Crippen molar-refractivity contribution in [3.05, 3.63) is 35.4 Å². The molecule has 1 saturated carbocycles. The molecule has 0 saturated heterocycles. The monoisotopic (exact) mass is 203 g/mol. The van der Waals surface area contributed by atoms with Crippen molar-refractivity contribution in [3.63, 3.8) is 0 Å². The van der Waals surface area contributed by atoms with Crippen molar-refractivity contribution in [3.8, 4) is 0 Å². The quantitative estimate of drug-likeness (QED) is 0.791. The van der Waals surface area contributed by atoms with Gasteiger partial charge >= 0.3 is 0 Å². The highest BCUT2D eigenvalue weighted by Crippen LogP contribution is 2.37. The summed E-state index contributed by atoms with van der Waals surface area (Å²) < 4.78 is 0. The van der Waals surface area contributed by atoms with E-state index in [2.05, 4.69) is 43.6 Å². The average molecular weight is 203 g/mol. The lowest BCUT2D eigenvalue weighted by molar-refractivity contribution is 0.239. The van der Waals surface area contributed by atoms with Gasteiger partial charge in [-0.2, -0.15) is 0 Å². The molecule has 1 fully saturated rings. The van der Waals surface area contributed by atoms with Crippen LogP contribution in [-0.4, -0.2) is 7.05 Å². The van der Waals surface area contributed by atoms with Gasteiger partial charge in [-0.15, -0.1) is 0 Å². The molecule has 82 valence electrons. The van der Waals surface area contributed by atoms with Crippen molar-refractivity contribution in [1.82, 2.24) is 5.32 Å². The van der Waals surface area contributed by atoms with Crippen LogP contribution < -0.4 is 5.32 Å². The first-order valence-electron chi connectivity index (χ1n) is 6.11. The zero-order valence-corrected chi connectivity index (χ0v) is 9.79. The van der Waals surface area contributed by atoms with Crippen LogP contribution in [0.1, 0.15) is 43.4 Å². The molecule has 1 aromatic carbocycles. The van der Waals surface area contributed by atoms with Crippen LogP contribution in [0.3, 0.4) is 0 Å². The largest absolute Gasteiger partial charge is 0.313 e. The Bertz CT molecular complexity index is 315. The van der Waals surface area contributed by atoms with E-state index in [1.807, 2.05) is 0 Å². The van der Waals surface area contributed by atoms with E-state index in [-0.39, 0.29) is 0 Å². The Hall–Kier alpha value is -0.820. The highest BCUT2D eigenvalue weighted by molar-refractivity contribution is 5.26. The minimum absolute atomic E-state index is 0.574. The standard InChI is InChI=1S/C14H21N/c1-3-11-6-4-9-13(10-11)14(15-2)12-7-5-8-12/h4,6,9-10,12,14-15H,3,5,7-8H2,1-2H3. The number of hydrogen-bond acceptors (Lipinski definition) is 1. The van der Waals surface area contributed by atoms with Crippen molar-refractivity contribution in [2.24, 2.45) is 5.92 Å². The van der Waals surface area contributed by atoms with Gasteiger partial charge in [0, 0.05) is 6.04 Å².